The molecule has 2 N–H and O–H groups in total. The van der Waals surface area contributed by atoms with E-state index in [0.717, 1.165) is 11.6 Å². The zero-order valence-electron chi connectivity index (χ0n) is 10.1. The fourth-order valence-electron chi connectivity index (χ4n) is 1.49. The van der Waals surface area contributed by atoms with Crippen LogP contribution in [0, 0.1) is 6.92 Å². The Kier molecular flexibility index (Phi) is 3.27. The number of rotatable bonds is 4. The van der Waals surface area contributed by atoms with Crippen molar-refractivity contribution in [1.82, 2.24) is 14.8 Å². The molecule has 90 valence electrons. The first-order valence-electron chi connectivity index (χ1n) is 5.50. The summed E-state index contributed by atoms with van der Waals surface area (Å²) in [6, 6.07) is 7.96. The molecule has 17 heavy (non-hydrogen) atoms. The van der Waals surface area contributed by atoms with Gasteiger partial charge in [0, 0.05) is 13.5 Å². The maximum Gasteiger partial charge on any atom is 0.221 e. The molecular formula is C12H16N4O. The van der Waals surface area contributed by atoms with Gasteiger partial charge in [-0.15, -0.1) is 10.2 Å². The van der Waals surface area contributed by atoms with E-state index in [1.807, 2.05) is 38.2 Å². The number of nitrogens with two attached hydrogens (primary N) is 1. The van der Waals surface area contributed by atoms with Gasteiger partial charge >= 0.3 is 0 Å². The maximum atomic E-state index is 5.61. The van der Waals surface area contributed by atoms with Crippen molar-refractivity contribution < 1.29 is 4.74 Å². The molecule has 1 aromatic heterocycles. The molecule has 1 aromatic carbocycles. The van der Waals surface area contributed by atoms with E-state index in [0.29, 0.717) is 19.0 Å². The Hall–Kier alpha value is -2.04. The van der Waals surface area contributed by atoms with E-state index in [4.69, 9.17) is 10.5 Å². The molecule has 0 fully saturated rings. The Morgan fingerprint density at radius 2 is 1.94 bits per heavy atom. The minimum Gasteiger partial charge on any atom is -0.493 e. The summed E-state index contributed by atoms with van der Waals surface area (Å²) in [4.78, 5) is 0. The largest absolute Gasteiger partial charge is 0.493 e. The van der Waals surface area contributed by atoms with E-state index in [9.17, 15) is 0 Å². The molecule has 5 heteroatoms. The minimum absolute atomic E-state index is 0.426. The van der Waals surface area contributed by atoms with Crippen LogP contribution in [-0.2, 0) is 13.5 Å². The van der Waals surface area contributed by atoms with Crippen molar-refractivity contribution in [3.8, 4) is 5.75 Å². The zero-order chi connectivity index (χ0) is 12.3. The predicted octanol–water partition coefficient (Wildman–Crippen LogP) is 1.33. The second-order valence-electron chi connectivity index (χ2n) is 3.94. The molecule has 2 aromatic rings. The van der Waals surface area contributed by atoms with Crippen molar-refractivity contribution in [3.05, 3.63) is 35.7 Å². The highest BCUT2D eigenvalue weighted by molar-refractivity contribution is 5.26. The second-order valence-corrected chi connectivity index (χ2v) is 3.94. The van der Waals surface area contributed by atoms with Crippen molar-refractivity contribution in [2.45, 2.75) is 13.3 Å². The average molecular weight is 232 g/mol. The standard InChI is InChI=1S/C12H16N4O/c1-9-3-5-10(6-4-9)17-8-7-11-14-15-12(13)16(11)2/h3-6H,7-8H2,1-2H3,(H2,13,15). The first kappa shape index (κ1) is 11.4. The van der Waals surface area contributed by atoms with Gasteiger partial charge in [-0.1, -0.05) is 17.7 Å². The topological polar surface area (TPSA) is 66.0 Å². The third-order valence-corrected chi connectivity index (χ3v) is 2.61. The molecular weight excluding hydrogens is 216 g/mol. The van der Waals surface area contributed by atoms with E-state index in [1.165, 1.54) is 5.56 Å². The zero-order valence-corrected chi connectivity index (χ0v) is 10.1. The first-order chi connectivity index (χ1) is 8.16. The van der Waals surface area contributed by atoms with Crippen LogP contribution in [-0.4, -0.2) is 21.4 Å². The van der Waals surface area contributed by atoms with Crippen LogP contribution < -0.4 is 10.5 Å². The molecule has 0 aliphatic heterocycles. The Labute approximate surface area is 100 Å². The molecule has 0 atom stereocenters. The van der Waals surface area contributed by atoms with E-state index in [-0.39, 0.29) is 0 Å². The molecule has 0 aliphatic carbocycles. The second kappa shape index (κ2) is 4.86. The number of nitrogen functional groups attached to an aromatic ring is 1. The van der Waals surface area contributed by atoms with Crippen molar-refractivity contribution in [1.29, 1.82) is 0 Å². The van der Waals surface area contributed by atoms with Crippen LogP contribution in [0.1, 0.15) is 11.4 Å². The molecule has 2 rings (SSSR count). The summed E-state index contributed by atoms with van der Waals surface area (Å²) in [5.41, 5.74) is 6.81. The number of hydrogen-bond donors (Lipinski definition) is 1. The molecule has 5 nitrogen and oxygen atoms in total. The normalized spacial score (nSPS) is 10.5. The lowest BCUT2D eigenvalue weighted by atomic mass is 10.2. The summed E-state index contributed by atoms with van der Waals surface area (Å²) in [6.45, 7) is 2.61. The fourth-order valence-corrected chi connectivity index (χ4v) is 1.49. The highest BCUT2D eigenvalue weighted by atomic mass is 16.5. The van der Waals surface area contributed by atoms with Crippen LogP contribution >= 0.6 is 0 Å². The average Bonchev–Trinajstić information content (AvgIpc) is 2.64. The first-order valence-corrected chi connectivity index (χ1v) is 5.50. The van der Waals surface area contributed by atoms with Gasteiger partial charge in [0.1, 0.15) is 11.6 Å². The van der Waals surface area contributed by atoms with Crippen LogP contribution in [0.15, 0.2) is 24.3 Å². The Morgan fingerprint density at radius 1 is 1.24 bits per heavy atom. The summed E-state index contributed by atoms with van der Waals surface area (Å²) in [7, 11) is 1.84. The van der Waals surface area contributed by atoms with Crippen molar-refractivity contribution in [2.24, 2.45) is 7.05 Å². The van der Waals surface area contributed by atoms with Gasteiger partial charge in [0.15, 0.2) is 0 Å². The van der Waals surface area contributed by atoms with Crippen molar-refractivity contribution in [2.75, 3.05) is 12.3 Å². The monoisotopic (exact) mass is 232 g/mol. The summed E-state index contributed by atoms with van der Waals surface area (Å²) < 4.78 is 7.37. The number of benzene rings is 1. The molecule has 1 heterocycles. The number of hydrogen-bond acceptors (Lipinski definition) is 4. The third-order valence-electron chi connectivity index (χ3n) is 2.61. The lowest BCUT2D eigenvalue weighted by Gasteiger charge is -2.06. The summed E-state index contributed by atoms with van der Waals surface area (Å²) in [5.74, 6) is 2.12. The quantitative estimate of drug-likeness (QED) is 0.863. The Balaban J connectivity index is 1.87. The predicted molar refractivity (Wildman–Crippen MR) is 65.8 cm³/mol. The molecule has 0 spiro atoms. The summed E-state index contributed by atoms with van der Waals surface area (Å²) >= 11 is 0. The SMILES string of the molecule is Cc1ccc(OCCc2nnc(N)n2C)cc1. The van der Waals surface area contributed by atoms with Crippen LogP contribution in [0.2, 0.25) is 0 Å². The number of ether oxygens (including phenoxy) is 1. The van der Waals surface area contributed by atoms with E-state index in [1.54, 1.807) is 4.57 Å². The van der Waals surface area contributed by atoms with E-state index < -0.39 is 0 Å². The molecule has 0 saturated heterocycles. The minimum atomic E-state index is 0.426. The molecule has 0 aliphatic rings. The Bertz CT molecular complexity index is 490. The van der Waals surface area contributed by atoms with Crippen LogP contribution in [0.4, 0.5) is 5.95 Å². The van der Waals surface area contributed by atoms with Gasteiger partial charge in [0.05, 0.1) is 6.61 Å². The number of anilines is 1. The molecule has 0 unspecified atom stereocenters. The van der Waals surface area contributed by atoms with E-state index >= 15 is 0 Å². The molecule has 0 amide bonds. The summed E-state index contributed by atoms with van der Waals surface area (Å²) in [5, 5.41) is 7.76. The van der Waals surface area contributed by atoms with Crippen LogP contribution in [0.5, 0.6) is 5.75 Å². The van der Waals surface area contributed by atoms with Gasteiger partial charge in [0.25, 0.3) is 0 Å². The van der Waals surface area contributed by atoms with Gasteiger partial charge in [-0.2, -0.15) is 0 Å². The van der Waals surface area contributed by atoms with Gasteiger partial charge in [-0.05, 0) is 19.1 Å². The number of aryl methyl sites for hydroxylation is 1. The highest BCUT2D eigenvalue weighted by Gasteiger charge is 2.05. The maximum absolute atomic E-state index is 5.61. The fraction of sp³-hybridized carbons (Fsp3) is 0.333. The highest BCUT2D eigenvalue weighted by Crippen LogP contribution is 2.11. The molecule has 0 radical (unpaired) electrons. The Morgan fingerprint density at radius 3 is 2.53 bits per heavy atom. The smallest absolute Gasteiger partial charge is 0.221 e. The molecule has 0 saturated carbocycles. The van der Waals surface area contributed by atoms with Gasteiger partial charge in [-0.25, -0.2) is 0 Å². The van der Waals surface area contributed by atoms with Crippen molar-refractivity contribution >= 4 is 5.95 Å². The van der Waals surface area contributed by atoms with E-state index in [2.05, 4.69) is 10.2 Å². The van der Waals surface area contributed by atoms with Crippen LogP contribution in [0.25, 0.3) is 0 Å². The molecule has 0 bridgehead atoms. The number of aromatic nitrogens is 3. The third kappa shape index (κ3) is 2.75. The number of nitrogens with zero attached hydrogens (tertiary/aromatic N) is 3. The van der Waals surface area contributed by atoms with Gasteiger partial charge in [-0.3, -0.25) is 0 Å². The lowest BCUT2D eigenvalue weighted by molar-refractivity contribution is 0.317. The van der Waals surface area contributed by atoms with Crippen molar-refractivity contribution in [3.63, 3.8) is 0 Å². The van der Waals surface area contributed by atoms with Gasteiger partial charge < -0.3 is 15.0 Å². The summed E-state index contributed by atoms with van der Waals surface area (Å²) in [6.07, 6.45) is 0.689. The van der Waals surface area contributed by atoms with Crippen LogP contribution in [0.3, 0.4) is 0 Å². The lowest BCUT2D eigenvalue weighted by Crippen LogP contribution is -2.07. The van der Waals surface area contributed by atoms with Gasteiger partial charge in [0.2, 0.25) is 5.95 Å².